The Labute approximate surface area is 207 Å². The normalized spacial score (nSPS) is 11.6. The fraction of sp³-hybridized carbons (Fsp3) is 0.310. The highest BCUT2D eigenvalue weighted by molar-refractivity contribution is 5.88. The number of hydrogen-bond acceptors (Lipinski definition) is 4. The number of carbonyl (C=O) groups is 2. The van der Waals surface area contributed by atoms with E-state index >= 15 is 0 Å². The van der Waals surface area contributed by atoms with Gasteiger partial charge in [-0.2, -0.15) is 0 Å². The van der Waals surface area contributed by atoms with Crippen LogP contribution in [0.25, 0.3) is 0 Å². The van der Waals surface area contributed by atoms with Crippen LogP contribution in [0.3, 0.4) is 0 Å². The summed E-state index contributed by atoms with van der Waals surface area (Å²) in [5.74, 6) is 0.998. The van der Waals surface area contributed by atoms with Gasteiger partial charge < -0.3 is 19.7 Å². The molecular weight excluding hydrogens is 440 g/mol. The molecule has 1 unspecified atom stereocenters. The smallest absolute Gasteiger partial charge is 0.243 e. The minimum atomic E-state index is -0.660. The minimum Gasteiger partial charge on any atom is -0.497 e. The van der Waals surface area contributed by atoms with Crippen LogP contribution in [0, 0.1) is 5.92 Å². The summed E-state index contributed by atoms with van der Waals surface area (Å²) in [6.07, 6.45) is 0.421. The van der Waals surface area contributed by atoms with Crippen molar-refractivity contribution in [3.05, 3.63) is 95.6 Å². The monoisotopic (exact) mass is 474 g/mol. The van der Waals surface area contributed by atoms with Gasteiger partial charge in [0.15, 0.2) is 0 Å². The molecule has 3 aromatic carbocycles. The second-order valence-electron chi connectivity index (χ2n) is 8.74. The molecule has 1 N–H and O–H groups in total. The van der Waals surface area contributed by atoms with E-state index in [0.717, 1.165) is 28.2 Å². The van der Waals surface area contributed by atoms with Crippen molar-refractivity contribution in [1.82, 2.24) is 10.2 Å². The fourth-order valence-electron chi connectivity index (χ4n) is 3.83. The van der Waals surface area contributed by atoms with E-state index in [4.69, 9.17) is 9.47 Å². The highest BCUT2D eigenvalue weighted by Crippen LogP contribution is 2.19. The zero-order valence-electron chi connectivity index (χ0n) is 20.9. The Balaban J connectivity index is 1.87. The number of nitrogens with zero attached hydrogens (tertiary/aromatic N) is 1. The van der Waals surface area contributed by atoms with Crippen LogP contribution in [-0.4, -0.2) is 37.0 Å². The molecule has 0 aromatic heterocycles. The van der Waals surface area contributed by atoms with Crippen LogP contribution in [0.4, 0.5) is 0 Å². The van der Waals surface area contributed by atoms with Gasteiger partial charge in [-0.05, 0) is 41.0 Å². The van der Waals surface area contributed by atoms with Gasteiger partial charge in [-0.25, -0.2) is 0 Å². The van der Waals surface area contributed by atoms with Gasteiger partial charge >= 0.3 is 0 Å². The Hall–Kier alpha value is -3.80. The third-order valence-corrected chi connectivity index (χ3v) is 5.87. The molecule has 0 aliphatic carbocycles. The lowest BCUT2D eigenvalue weighted by atomic mass is 10.0. The third kappa shape index (κ3) is 7.34. The first kappa shape index (κ1) is 25.8. The molecule has 3 rings (SSSR count). The molecule has 1 atom stereocenters. The van der Waals surface area contributed by atoms with Crippen molar-refractivity contribution in [2.75, 3.05) is 14.2 Å². The highest BCUT2D eigenvalue weighted by atomic mass is 16.5. The number of benzene rings is 3. The third-order valence-electron chi connectivity index (χ3n) is 5.87. The molecule has 0 saturated heterocycles. The molecule has 6 heteroatoms. The van der Waals surface area contributed by atoms with Gasteiger partial charge in [0, 0.05) is 25.4 Å². The zero-order chi connectivity index (χ0) is 25.2. The fourth-order valence-corrected chi connectivity index (χ4v) is 3.83. The quantitative estimate of drug-likeness (QED) is 0.441. The number of nitrogens with one attached hydrogen (secondary N) is 1. The van der Waals surface area contributed by atoms with E-state index in [9.17, 15) is 9.59 Å². The van der Waals surface area contributed by atoms with Crippen LogP contribution < -0.4 is 14.8 Å². The maximum absolute atomic E-state index is 13.6. The van der Waals surface area contributed by atoms with Crippen LogP contribution in [0.2, 0.25) is 0 Å². The number of amides is 2. The number of hydrogen-bond donors (Lipinski definition) is 1. The van der Waals surface area contributed by atoms with E-state index in [0.29, 0.717) is 19.5 Å². The first-order valence-corrected chi connectivity index (χ1v) is 11.8. The van der Waals surface area contributed by atoms with E-state index in [2.05, 4.69) is 5.32 Å². The van der Waals surface area contributed by atoms with E-state index < -0.39 is 6.04 Å². The van der Waals surface area contributed by atoms with Crippen molar-refractivity contribution in [3.8, 4) is 11.5 Å². The summed E-state index contributed by atoms with van der Waals surface area (Å²) in [6.45, 7) is 4.41. The first-order valence-electron chi connectivity index (χ1n) is 11.8. The molecule has 0 bridgehead atoms. The molecule has 6 nitrogen and oxygen atoms in total. The van der Waals surface area contributed by atoms with Gasteiger partial charge in [0.1, 0.15) is 17.5 Å². The van der Waals surface area contributed by atoms with Crippen molar-refractivity contribution in [2.45, 2.75) is 39.4 Å². The minimum absolute atomic E-state index is 0.0682. The molecule has 0 aliphatic heterocycles. The summed E-state index contributed by atoms with van der Waals surface area (Å²) in [5.41, 5.74) is 2.88. The number of ether oxygens (including phenoxy) is 2. The van der Waals surface area contributed by atoms with Gasteiger partial charge in [-0.3, -0.25) is 9.59 Å². The lowest BCUT2D eigenvalue weighted by Gasteiger charge is -2.33. The van der Waals surface area contributed by atoms with Crippen LogP contribution in [0.5, 0.6) is 11.5 Å². The largest absolute Gasteiger partial charge is 0.497 e. The SMILES string of the molecule is COc1ccc(CNC(=O)C(Cc2ccccc2)N(Cc2ccc(OC)cc2)C(=O)C(C)C)cc1. The highest BCUT2D eigenvalue weighted by Gasteiger charge is 2.31. The second-order valence-corrected chi connectivity index (χ2v) is 8.74. The van der Waals surface area contributed by atoms with Crippen LogP contribution in [-0.2, 0) is 29.1 Å². The Morgan fingerprint density at radius 2 is 1.31 bits per heavy atom. The Bertz CT molecular complexity index is 1080. The maximum Gasteiger partial charge on any atom is 0.243 e. The lowest BCUT2D eigenvalue weighted by molar-refractivity contribution is -0.143. The topological polar surface area (TPSA) is 67.9 Å². The Morgan fingerprint density at radius 1 is 0.771 bits per heavy atom. The van der Waals surface area contributed by atoms with E-state index in [-0.39, 0.29) is 17.7 Å². The maximum atomic E-state index is 13.6. The first-order chi connectivity index (χ1) is 16.9. The van der Waals surface area contributed by atoms with Crippen molar-refractivity contribution in [3.63, 3.8) is 0 Å². The van der Waals surface area contributed by atoms with E-state index in [1.807, 2.05) is 92.7 Å². The summed E-state index contributed by atoms with van der Waals surface area (Å²) in [4.78, 5) is 28.6. The van der Waals surface area contributed by atoms with Gasteiger partial charge in [-0.15, -0.1) is 0 Å². The standard InChI is InChI=1S/C29H34N2O4/c1-21(2)29(33)31(20-24-12-16-26(35-4)17-13-24)27(18-22-8-6-5-7-9-22)28(32)30-19-23-10-14-25(34-3)15-11-23/h5-17,21,27H,18-20H2,1-4H3,(H,30,32). The molecule has 2 amide bonds. The molecule has 0 radical (unpaired) electrons. The number of rotatable bonds is 11. The van der Waals surface area contributed by atoms with Gasteiger partial charge in [0.05, 0.1) is 14.2 Å². The molecule has 0 spiro atoms. The molecular formula is C29H34N2O4. The molecule has 0 fully saturated rings. The van der Waals surface area contributed by atoms with E-state index in [1.165, 1.54) is 0 Å². The van der Waals surface area contributed by atoms with Crippen molar-refractivity contribution in [1.29, 1.82) is 0 Å². The van der Waals surface area contributed by atoms with Crippen LogP contribution in [0.1, 0.15) is 30.5 Å². The average Bonchev–Trinajstić information content (AvgIpc) is 2.90. The van der Waals surface area contributed by atoms with Crippen molar-refractivity contribution >= 4 is 11.8 Å². The van der Waals surface area contributed by atoms with Crippen molar-refractivity contribution < 1.29 is 19.1 Å². The summed E-state index contributed by atoms with van der Waals surface area (Å²) < 4.78 is 10.5. The van der Waals surface area contributed by atoms with Gasteiger partial charge in [0.25, 0.3) is 0 Å². The summed E-state index contributed by atoms with van der Waals surface area (Å²) in [7, 11) is 3.24. The zero-order valence-corrected chi connectivity index (χ0v) is 20.9. The lowest BCUT2D eigenvalue weighted by Crippen LogP contribution is -2.51. The molecule has 0 aliphatic rings. The number of carbonyl (C=O) groups excluding carboxylic acids is 2. The predicted octanol–water partition coefficient (Wildman–Crippen LogP) is 4.62. The van der Waals surface area contributed by atoms with Crippen molar-refractivity contribution in [2.24, 2.45) is 5.92 Å². The summed E-state index contributed by atoms with van der Waals surface area (Å²) in [6, 6.07) is 24.3. The second kappa shape index (κ2) is 12.6. The van der Waals surface area contributed by atoms with Gasteiger partial charge in [0.2, 0.25) is 11.8 Å². The Kier molecular flexibility index (Phi) is 9.30. The summed E-state index contributed by atoms with van der Waals surface area (Å²) >= 11 is 0. The van der Waals surface area contributed by atoms with E-state index in [1.54, 1.807) is 19.1 Å². The van der Waals surface area contributed by atoms with Gasteiger partial charge in [-0.1, -0.05) is 68.4 Å². The van der Waals surface area contributed by atoms with Crippen LogP contribution in [0.15, 0.2) is 78.9 Å². The predicted molar refractivity (Wildman–Crippen MR) is 137 cm³/mol. The summed E-state index contributed by atoms with van der Waals surface area (Å²) in [5, 5.41) is 3.04. The Morgan fingerprint density at radius 3 is 1.83 bits per heavy atom. The molecule has 0 saturated carbocycles. The molecule has 35 heavy (non-hydrogen) atoms. The molecule has 3 aromatic rings. The number of methoxy groups -OCH3 is 2. The van der Waals surface area contributed by atoms with Crippen LogP contribution >= 0.6 is 0 Å². The average molecular weight is 475 g/mol. The molecule has 184 valence electrons. The molecule has 0 heterocycles.